The average Bonchev–Trinajstić information content (AvgIpc) is 3.08. The molecule has 2 aliphatic rings. The van der Waals surface area contributed by atoms with Gasteiger partial charge in [0.1, 0.15) is 0 Å². The number of ether oxygens (including phenoxy) is 3. The van der Waals surface area contributed by atoms with Crippen molar-refractivity contribution in [1.29, 1.82) is 0 Å². The van der Waals surface area contributed by atoms with Crippen molar-refractivity contribution in [3.05, 3.63) is 23.8 Å². The van der Waals surface area contributed by atoms with Gasteiger partial charge < -0.3 is 19.5 Å². The highest BCUT2D eigenvalue weighted by Gasteiger charge is 2.32. The maximum atomic E-state index is 12.4. The van der Waals surface area contributed by atoms with Crippen LogP contribution in [0.4, 0.5) is 0 Å². The Morgan fingerprint density at radius 3 is 3.08 bits per heavy atom. The van der Waals surface area contributed by atoms with E-state index in [1.165, 1.54) is 12.8 Å². The molecule has 0 aliphatic carbocycles. The monoisotopic (exact) mass is 334 g/mol. The second kappa shape index (κ2) is 7.85. The first-order valence-corrected chi connectivity index (χ1v) is 8.66. The summed E-state index contributed by atoms with van der Waals surface area (Å²) in [6.07, 6.45) is 2.54. The fourth-order valence-corrected chi connectivity index (χ4v) is 3.40. The van der Waals surface area contributed by atoms with Crippen molar-refractivity contribution >= 4 is 5.91 Å². The van der Waals surface area contributed by atoms with Crippen molar-refractivity contribution in [3.63, 3.8) is 0 Å². The number of fused-ring (bicyclic) bond motifs is 1. The summed E-state index contributed by atoms with van der Waals surface area (Å²) >= 11 is 0. The molecule has 0 spiro atoms. The van der Waals surface area contributed by atoms with Crippen LogP contribution in [-0.4, -0.2) is 62.9 Å². The minimum atomic E-state index is -0.122. The fraction of sp³-hybridized carbons (Fsp3) is 0.611. The normalized spacial score (nSPS) is 23.6. The molecule has 1 N–H and O–H groups in total. The Balaban J connectivity index is 1.55. The van der Waals surface area contributed by atoms with Crippen LogP contribution in [0.15, 0.2) is 18.2 Å². The lowest BCUT2D eigenvalue weighted by Crippen LogP contribution is -2.50. The number of methoxy groups -OCH3 is 1. The lowest BCUT2D eigenvalue weighted by atomic mass is 10.1. The van der Waals surface area contributed by atoms with E-state index >= 15 is 0 Å². The number of hydrogen-bond donors (Lipinski definition) is 1. The standard InChI is InChI=1S/C18H26N2O4/c1-3-23-16-7-6-13(9-17(16)22-2)18(21)19-10-15-11-20-8-4-5-14(20)12-24-15/h6-7,9,14-15H,3-5,8,10-12H2,1-2H3,(H,19,21)/t14-,15+/m0/s1. The summed E-state index contributed by atoms with van der Waals surface area (Å²) in [6, 6.07) is 5.80. The van der Waals surface area contributed by atoms with Gasteiger partial charge in [-0.3, -0.25) is 9.69 Å². The van der Waals surface area contributed by atoms with E-state index < -0.39 is 0 Å². The number of benzene rings is 1. The molecular formula is C18H26N2O4. The molecule has 6 heteroatoms. The van der Waals surface area contributed by atoms with E-state index in [9.17, 15) is 4.79 Å². The van der Waals surface area contributed by atoms with Crippen molar-refractivity contribution in [2.24, 2.45) is 0 Å². The first kappa shape index (κ1) is 17.0. The molecule has 2 saturated heterocycles. The zero-order chi connectivity index (χ0) is 16.9. The van der Waals surface area contributed by atoms with Gasteiger partial charge in [-0.2, -0.15) is 0 Å². The summed E-state index contributed by atoms with van der Waals surface area (Å²) in [5.74, 6) is 1.09. The van der Waals surface area contributed by atoms with Crippen LogP contribution in [0.2, 0.25) is 0 Å². The molecule has 2 atom stereocenters. The highest BCUT2D eigenvalue weighted by atomic mass is 16.5. The van der Waals surface area contributed by atoms with Gasteiger partial charge in [0.25, 0.3) is 5.91 Å². The van der Waals surface area contributed by atoms with Crippen LogP contribution >= 0.6 is 0 Å². The van der Waals surface area contributed by atoms with Gasteiger partial charge in [0.15, 0.2) is 11.5 Å². The predicted octanol–water partition coefficient (Wildman–Crippen LogP) is 1.69. The number of hydrogen-bond acceptors (Lipinski definition) is 5. The third-order valence-electron chi connectivity index (χ3n) is 4.68. The second-order valence-electron chi connectivity index (χ2n) is 6.26. The molecule has 1 aromatic carbocycles. The van der Waals surface area contributed by atoms with Gasteiger partial charge in [-0.1, -0.05) is 0 Å². The Hall–Kier alpha value is -1.79. The van der Waals surface area contributed by atoms with Crippen LogP contribution in [0, 0.1) is 0 Å². The summed E-state index contributed by atoms with van der Waals surface area (Å²) in [5, 5.41) is 2.96. The quantitative estimate of drug-likeness (QED) is 0.858. The zero-order valence-electron chi connectivity index (χ0n) is 14.4. The molecule has 1 aromatic rings. The predicted molar refractivity (Wildman–Crippen MR) is 90.8 cm³/mol. The van der Waals surface area contributed by atoms with Gasteiger partial charge >= 0.3 is 0 Å². The SMILES string of the molecule is CCOc1ccc(C(=O)NC[C@@H]2CN3CCC[C@H]3CO2)cc1OC. The Bertz CT molecular complexity index is 578. The second-order valence-corrected chi connectivity index (χ2v) is 6.26. The first-order valence-electron chi connectivity index (χ1n) is 8.66. The van der Waals surface area contributed by atoms with E-state index in [0.717, 1.165) is 19.7 Å². The Labute approximate surface area is 143 Å². The Kier molecular flexibility index (Phi) is 5.58. The van der Waals surface area contributed by atoms with Gasteiger partial charge in [-0.15, -0.1) is 0 Å². The molecule has 0 bridgehead atoms. The van der Waals surface area contributed by atoms with Gasteiger partial charge in [0.2, 0.25) is 0 Å². The molecule has 24 heavy (non-hydrogen) atoms. The summed E-state index contributed by atoms with van der Waals surface area (Å²) in [4.78, 5) is 14.8. The maximum absolute atomic E-state index is 12.4. The van der Waals surface area contributed by atoms with Crippen LogP contribution < -0.4 is 14.8 Å². The summed E-state index contributed by atoms with van der Waals surface area (Å²) in [5.41, 5.74) is 0.560. The van der Waals surface area contributed by atoms with Crippen molar-refractivity contribution in [2.45, 2.75) is 31.9 Å². The van der Waals surface area contributed by atoms with E-state index in [1.807, 2.05) is 6.92 Å². The molecule has 0 unspecified atom stereocenters. The molecule has 6 nitrogen and oxygen atoms in total. The number of carbonyl (C=O) groups is 1. The highest BCUT2D eigenvalue weighted by molar-refractivity contribution is 5.94. The third-order valence-corrected chi connectivity index (χ3v) is 4.68. The summed E-state index contributed by atoms with van der Waals surface area (Å²) in [7, 11) is 1.57. The maximum Gasteiger partial charge on any atom is 0.251 e. The Morgan fingerprint density at radius 1 is 1.42 bits per heavy atom. The molecule has 2 fully saturated rings. The van der Waals surface area contributed by atoms with Gasteiger partial charge in [-0.25, -0.2) is 0 Å². The van der Waals surface area contributed by atoms with E-state index in [2.05, 4.69) is 10.2 Å². The molecule has 2 heterocycles. The number of rotatable bonds is 6. The van der Waals surface area contributed by atoms with Crippen LogP contribution in [0.3, 0.4) is 0 Å². The molecule has 132 valence electrons. The minimum Gasteiger partial charge on any atom is -0.493 e. The number of amides is 1. The number of morpholine rings is 1. The smallest absolute Gasteiger partial charge is 0.251 e. The van der Waals surface area contributed by atoms with Crippen molar-refractivity contribution in [3.8, 4) is 11.5 Å². The number of nitrogens with zero attached hydrogens (tertiary/aromatic N) is 1. The van der Waals surface area contributed by atoms with Crippen molar-refractivity contribution in [1.82, 2.24) is 10.2 Å². The van der Waals surface area contributed by atoms with E-state index in [4.69, 9.17) is 14.2 Å². The van der Waals surface area contributed by atoms with E-state index in [1.54, 1.807) is 25.3 Å². The largest absolute Gasteiger partial charge is 0.493 e. The Morgan fingerprint density at radius 2 is 2.29 bits per heavy atom. The van der Waals surface area contributed by atoms with Crippen LogP contribution in [-0.2, 0) is 4.74 Å². The molecule has 1 amide bonds. The lowest BCUT2D eigenvalue weighted by molar-refractivity contribution is -0.0461. The van der Waals surface area contributed by atoms with Crippen molar-refractivity contribution in [2.75, 3.05) is 40.0 Å². The summed E-state index contributed by atoms with van der Waals surface area (Å²) in [6.45, 7) is 5.81. The molecule has 0 aromatic heterocycles. The fourth-order valence-electron chi connectivity index (χ4n) is 3.40. The zero-order valence-corrected chi connectivity index (χ0v) is 14.4. The van der Waals surface area contributed by atoms with Crippen LogP contribution in [0.25, 0.3) is 0 Å². The molecular weight excluding hydrogens is 308 g/mol. The van der Waals surface area contributed by atoms with Gasteiger partial charge in [0, 0.05) is 24.7 Å². The van der Waals surface area contributed by atoms with Crippen LogP contribution in [0.5, 0.6) is 11.5 Å². The first-order chi connectivity index (χ1) is 11.7. The molecule has 0 radical (unpaired) electrons. The number of carbonyl (C=O) groups excluding carboxylic acids is 1. The molecule has 3 rings (SSSR count). The lowest BCUT2D eigenvalue weighted by Gasteiger charge is -2.35. The van der Waals surface area contributed by atoms with E-state index in [0.29, 0.717) is 36.3 Å². The van der Waals surface area contributed by atoms with Gasteiger partial charge in [0.05, 0.1) is 26.4 Å². The molecule has 2 aliphatic heterocycles. The third kappa shape index (κ3) is 3.82. The van der Waals surface area contributed by atoms with E-state index in [-0.39, 0.29) is 12.0 Å². The topological polar surface area (TPSA) is 60.0 Å². The minimum absolute atomic E-state index is 0.0629. The average molecular weight is 334 g/mol. The molecule has 0 saturated carbocycles. The van der Waals surface area contributed by atoms with Crippen molar-refractivity contribution < 1.29 is 19.0 Å². The summed E-state index contributed by atoms with van der Waals surface area (Å²) < 4.78 is 16.6. The van der Waals surface area contributed by atoms with Crippen LogP contribution in [0.1, 0.15) is 30.1 Å². The number of nitrogens with one attached hydrogen (secondary N) is 1. The highest BCUT2D eigenvalue weighted by Crippen LogP contribution is 2.28. The van der Waals surface area contributed by atoms with Gasteiger partial charge in [-0.05, 0) is 44.5 Å².